The van der Waals surface area contributed by atoms with Crippen molar-refractivity contribution in [2.45, 2.75) is 32.4 Å². The summed E-state index contributed by atoms with van der Waals surface area (Å²) in [6.07, 6.45) is 1.84. The van der Waals surface area contributed by atoms with Crippen LogP contribution in [0.15, 0.2) is 40.8 Å². The number of halogens is 1. The lowest BCUT2D eigenvalue weighted by Gasteiger charge is -2.32. The highest BCUT2D eigenvalue weighted by atomic mass is 19.1. The number of para-hydroxylation sites is 1. The van der Waals surface area contributed by atoms with E-state index in [0.29, 0.717) is 35.0 Å². The maximum atomic E-state index is 13.8. The number of oxazole rings is 1. The number of rotatable bonds is 7. The van der Waals surface area contributed by atoms with Gasteiger partial charge in [-0.1, -0.05) is 12.1 Å². The number of likely N-dealkylation sites (tertiary alicyclic amines) is 1. The van der Waals surface area contributed by atoms with Gasteiger partial charge in [0.25, 0.3) is 11.9 Å². The largest absolute Gasteiger partial charge is 0.491 e. The molecule has 0 unspecified atom stereocenters. The van der Waals surface area contributed by atoms with Gasteiger partial charge >= 0.3 is 0 Å². The summed E-state index contributed by atoms with van der Waals surface area (Å²) < 4.78 is 24.8. The van der Waals surface area contributed by atoms with Gasteiger partial charge in [0, 0.05) is 25.7 Å². The molecule has 1 aliphatic rings. The number of benzene rings is 2. The lowest BCUT2D eigenvalue weighted by molar-refractivity contribution is 0.100. The second kappa shape index (κ2) is 8.71. The SMILES string of the molecule is CCOc1cc(CN2CCC(Nc3nc4c(C(N)=O)cccc4o3)CC2)ccc1F. The summed E-state index contributed by atoms with van der Waals surface area (Å²) in [5.74, 6) is -0.554. The quantitative estimate of drug-likeness (QED) is 0.617. The van der Waals surface area contributed by atoms with Crippen molar-refractivity contribution in [3.8, 4) is 5.75 Å². The monoisotopic (exact) mass is 412 g/mol. The van der Waals surface area contributed by atoms with Crippen molar-refractivity contribution in [1.29, 1.82) is 0 Å². The predicted molar refractivity (Wildman–Crippen MR) is 112 cm³/mol. The minimum absolute atomic E-state index is 0.221. The average Bonchev–Trinajstić information content (AvgIpc) is 3.14. The highest BCUT2D eigenvalue weighted by molar-refractivity contribution is 6.03. The molecule has 0 spiro atoms. The summed E-state index contributed by atoms with van der Waals surface area (Å²) in [5.41, 5.74) is 7.81. The highest BCUT2D eigenvalue weighted by Gasteiger charge is 2.22. The number of hydrogen-bond donors (Lipinski definition) is 2. The number of carbonyl (C=O) groups excluding carboxylic acids is 1. The van der Waals surface area contributed by atoms with E-state index in [2.05, 4.69) is 15.2 Å². The smallest absolute Gasteiger partial charge is 0.295 e. The number of carbonyl (C=O) groups is 1. The van der Waals surface area contributed by atoms with Crippen LogP contribution in [0, 0.1) is 5.82 Å². The summed E-state index contributed by atoms with van der Waals surface area (Å²) in [6, 6.07) is 10.8. The summed E-state index contributed by atoms with van der Waals surface area (Å²) >= 11 is 0. The van der Waals surface area contributed by atoms with Gasteiger partial charge < -0.3 is 20.2 Å². The molecule has 0 bridgehead atoms. The van der Waals surface area contributed by atoms with Gasteiger partial charge in [0.1, 0.15) is 5.52 Å². The van der Waals surface area contributed by atoms with Crippen molar-refractivity contribution in [1.82, 2.24) is 9.88 Å². The third-order valence-electron chi connectivity index (χ3n) is 5.30. The molecule has 2 aromatic carbocycles. The van der Waals surface area contributed by atoms with Gasteiger partial charge in [-0.25, -0.2) is 4.39 Å². The van der Waals surface area contributed by atoms with Crippen LogP contribution in [0.4, 0.5) is 10.4 Å². The Balaban J connectivity index is 1.35. The van der Waals surface area contributed by atoms with Crippen LogP contribution >= 0.6 is 0 Å². The number of anilines is 1. The van der Waals surface area contributed by atoms with Crippen molar-refractivity contribution >= 4 is 23.0 Å². The van der Waals surface area contributed by atoms with Crippen molar-refractivity contribution in [2.24, 2.45) is 5.73 Å². The Hall–Kier alpha value is -3.13. The fraction of sp³-hybridized carbons (Fsp3) is 0.364. The summed E-state index contributed by atoms with van der Waals surface area (Å²) in [5, 5.41) is 3.33. The Morgan fingerprint density at radius 1 is 1.33 bits per heavy atom. The first-order valence-electron chi connectivity index (χ1n) is 10.1. The van der Waals surface area contributed by atoms with Crippen molar-refractivity contribution in [2.75, 3.05) is 25.0 Å². The number of nitrogens with one attached hydrogen (secondary N) is 1. The van der Waals surface area contributed by atoms with E-state index in [1.165, 1.54) is 6.07 Å². The van der Waals surface area contributed by atoms with Crippen LogP contribution in [0.25, 0.3) is 11.1 Å². The van der Waals surface area contributed by atoms with Crippen LogP contribution in [0.5, 0.6) is 5.75 Å². The molecule has 30 heavy (non-hydrogen) atoms. The molecular weight excluding hydrogens is 387 g/mol. The normalized spacial score (nSPS) is 15.4. The maximum absolute atomic E-state index is 13.8. The number of primary amides is 1. The number of nitrogens with zero attached hydrogens (tertiary/aromatic N) is 2. The van der Waals surface area contributed by atoms with Crippen LogP contribution in [0.2, 0.25) is 0 Å². The zero-order valence-electron chi connectivity index (χ0n) is 16.9. The molecule has 1 amide bonds. The molecule has 0 radical (unpaired) electrons. The number of aromatic nitrogens is 1. The Morgan fingerprint density at radius 3 is 2.87 bits per heavy atom. The second-order valence-electron chi connectivity index (χ2n) is 7.43. The molecule has 4 rings (SSSR count). The van der Waals surface area contributed by atoms with Gasteiger partial charge in [0.2, 0.25) is 0 Å². The van der Waals surface area contributed by atoms with Gasteiger partial charge in [-0.05, 0) is 49.6 Å². The third-order valence-corrected chi connectivity index (χ3v) is 5.30. The molecule has 2 heterocycles. The molecule has 3 aromatic rings. The first-order chi connectivity index (χ1) is 14.5. The number of nitrogens with two attached hydrogens (primary N) is 1. The molecule has 158 valence electrons. The van der Waals surface area contributed by atoms with E-state index in [1.807, 2.05) is 6.92 Å². The molecule has 1 saturated heterocycles. The second-order valence-corrected chi connectivity index (χ2v) is 7.43. The summed E-state index contributed by atoms with van der Waals surface area (Å²) in [4.78, 5) is 18.3. The lowest BCUT2D eigenvalue weighted by Crippen LogP contribution is -2.38. The molecule has 0 atom stereocenters. The Bertz CT molecular complexity index is 1040. The lowest BCUT2D eigenvalue weighted by atomic mass is 10.0. The minimum atomic E-state index is -0.526. The Labute approximate surface area is 174 Å². The molecule has 1 aromatic heterocycles. The van der Waals surface area contributed by atoms with Crippen molar-refractivity contribution in [3.63, 3.8) is 0 Å². The molecule has 0 saturated carbocycles. The number of fused-ring (bicyclic) bond motifs is 1. The highest BCUT2D eigenvalue weighted by Crippen LogP contribution is 2.25. The number of amides is 1. The first-order valence-corrected chi connectivity index (χ1v) is 10.1. The van der Waals surface area contributed by atoms with Gasteiger partial charge in [-0.3, -0.25) is 9.69 Å². The van der Waals surface area contributed by atoms with E-state index in [9.17, 15) is 9.18 Å². The molecular formula is C22H25FN4O3. The standard InChI is InChI=1S/C22H25FN4O3/c1-2-29-19-12-14(6-7-17(19)23)13-27-10-8-15(9-11-27)25-22-26-20-16(21(24)28)4-3-5-18(20)30-22/h3-7,12,15H,2,8-11,13H2,1H3,(H2,24,28)(H,25,26). The van der Waals surface area contributed by atoms with Crippen LogP contribution in [-0.4, -0.2) is 41.5 Å². The zero-order valence-corrected chi connectivity index (χ0v) is 16.9. The first kappa shape index (κ1) is 20.2. The van der Waals surface area contributed by atoms with Gasteiger partial charge in [0.05, 0.1) is 12.2 Å². The summed E-state index contributed by atoms with van der Waals surface area (Å²) in [6.45, 7) is 4.82. The molecule has 1 fully saturated rings. The summed E-state index contributed by atoms with van der Waals surface area (Å²) in [7, 11) is 0. The van der Waals surface area contributed by atoms with E-state index in [4.69, 9.17) is 14.9 Å². The van der Waals surface area contributed by atoms with E-state index >= 15 is 0 Å². The topological polar surface area (TPSA) is 93.6 Å². The van der Waals surface area contributed by atoms with Crippen LogP contribution < -0.4 is 15.8 Å². The Kier molecular flexibility index (Phi) is 5.85. The van der Waals surface area contributed by atoms with E-state index in [1.54, 1.807) is 30.3 Å². The van der Waals surface area contributed by atoms with E-state index in [-0.39, 0.29) is 11.9 Å². The predicted octanol–water partition coefficient (Wildman–Crippen LogP) is 3.54. The third kappa shape index (κ3) is 4.38. The Morgan fingerprint density at radius 2 is 2.13 bits per heavy atom. The van der Waals surface area contributed by atoms with Crippen LogP contribution in [0.3, 0.4) is 0 Å². The van der Waals surface area contributed by atoms with Crippen LogP contribution in [-0.2, 0) is 6.54 Å². The van der Waals surface area contributed by atoms with E-state index < -0.39 is 5.91 Å². The zero-order chi connectivity index (χ0) is 21.1. The van der Waals surface area contributed by atoms with Crippen molar-refractivity contribution < 1.29 is 18.3 Å². The van der Waals surface area contributed by atoms with Crippen LogP contribution in [0.1, 0.15) is 35.7 Å². The molecule has 0 aliphatic carbocycles. The fourth-order valence-corrected chi connectivity index (χ4v) is 3.79. The van der Waals surface area contributed by atoms with Gasteiger partial charge in [0.15, 0.2) is 17.1 Å². The average molecular weight is 412 g/mol. The fourth-order valence-electron chi connectivity index (χ4n) is 3.79. The molecule has 3 N–H and O–H groups in total. The number of ether oxygens (including phenoxy) is 1. The van der Waals surface area contributed by atoms with Gasteiger partial charge in [-0.2, -0.15) is 4.98 Å². The molecule has 8 heteroatoms. The van der Waals surface area contributed by atoms with E-state index in [0.717, 1.165) is 38.0 Å². The van der Waals surface area contributed by atoms with Gasteiger partial charge in [-0.15, -0.1) is 0 Å². The van der Waals surface area contributed by atoms with Crippen molar-refractivity contribution in [3.05, 3.63) is 53.3 Å². The molecule has 7 nitrogen and oxygen atoms in total. The number of piperidine rings is 1. The number of hydrogen-bond acceptors (Lipinski definition) is 6. The molecule has 1 aliphatic heterocycles. The minimum Gasteiger partial charge on any atom is -0.491 e. The maximum Gasteiger partial charge on any atom is 0.295 e.